The standard InChI is InChI=1S/C13H19F2NO3S/c1-2-3-4-5-19-13(9-20(16,17)18)10-6-11(14)8-12(15)7-10/h6-8,13H,2-5,9H2,1H3,(H2,16,17,18). The second-order valence-electron chi connectivity index (χ2n) is 4.60. The summed E-state index contributed by atoms with van der Waals surface area (Å²) < 4.78 is 54.2. The number of hydrogen-bond donors (Lipinski definition) is 1. The predicted octanol–water partition coefficient (Wildman–Crippen LogP) is 2.50. The van der Waals surface area contributed by atoms with Crippen molar-refractivity contribution >= 4 is 10.0 Å². The minimum atomic E-state index is -3.81. The van der Waals surface area contributed by atoms with Gasteiger partial charge in [0.05, 0.1) is 11.9 Å². The summed E-state index contributed by atoms with van der Waals surface area (Å²) in [6.07, 6.45) is 1.69. The Balaban J connectivity index is 2.85. The first kappa shape index (κ1) is 17.0. The highest BCUT2D eigenvalue weighted by atomic mass is 32.2. The Morgan fingerprint density at radius 3 is 2.30 bits per heavy atom. The Morgan fingerprint density at radius 1 is 1.20 bits per heavy atom. The van der Waals surface area contributed by atoms with Gasteiger partial charge in [-0.3, -0.25) is 0 Å². The molecule has 0 amide bonds. The van der Waals surface area contributed by atoms with Crippen LogP contribution in [-0.2, 0) is 14.8 Å². The molecule has 0 bridgehead atoms. The molecule has 7 heteroatoms. The lowest BCUT2D eigenvalue weighted by Gasteiger charge is -2.17. The van der Waals surface area contributed by atoms with Crippen molar-refractivity contribution < 1.29 is 21.9 Å². The zero-order chi connectivity index (χ0) is 15.2. The van der Waals surface area contributed by atoms with Crippen LogP contribution in [0.1, 0.15) is 37.9 Å². The molecule has 0 fully saturated rings. The highest BCUT2D eigenvalue weighted by molar-refractivity contribution is 7.89. The Morgan fingerprint density at radius 2 is 1.80 bits per heavy atom. The number of sulfonamides is 1. The largest absolute Gasteiger partial charge is 0.372 e. The smallest absolute Gasteiger partial charge is 0.211 e. The Bertz CT molecular complexity index is 514. The second kappa shape index (κ2) is 7.66. The number of ether oxygens (including phenoxy) is 1. The van der Waals surface area contributed by atoms with Crippen LogP contribution in [0.25, 0.3) is 0 Å². The first-order chi connectivity index (χ1) is 9.31. The van der Waals surface area contributed by atoms with E-state index in [-0.39, 0.29) is 5.56 Å². The molecule has 1 aromatic carbocycles. The molecule has 0 aromatic heterocycles. The summed E-state index contributed by atoms with van der Waals surface area (Å²) in [7, 11) is -3.81. The van der Waals surface area contributed by atoms with Crippen molar-refractivity contribution in [1.82, 2.24) is 0 Å². The van der Waals surface area contributed by atoms with E-state index in [2.05, 4.69) is 0 Å². The lowest BCUT2D eigenvalue weighted by atomic mass is 10.1. The third-order valence-electron chi connectivity index (χ3n) is 2.71. The molecule has 0 saturated heterocycles. The number of primary sulfonamides is 1. The van der Waals surface area contributed by atoms with Crippen LogP contribution in [-0.4, -0.2) is 20.8 Å². The minimum Gasteiger partial charge on any atom is -0.372 e. The quantitative estimate of drug-likeness (QED) is 0.750. The molecule has 20 heavy (non-hydrogen) atoms. The average molecular weight is 307 g/mol. The van der Waals surface area contributed by atoms with E-state index in [1.807, 2.05) is 6.92 Å². The van der Waals surface area contributed by atoms with E-state index in [4.69, 9.17) is 9.88 Å². The fourth-order valence-corrected chi connectivity index (χ4v) is 2.50. The van der Waals surface area contributed by atoms with E-state index in [0.29, 0.717) is 12.7 Å². The Labute approximate surface area is 118 Å². The molecule has 1 aromatic rings. The molecule has 0 spiro atoms. The van der Waals surface area contributed by atoms with Crippen LogP contribution in [0.3, 0.4) is 0 Å². The van der Waals surface area contributed by atoms with E-state index >= 15 is 0 Å². The highest BCUT2D eigenvalue weighted by Gasteiger charge is 2.20. The number of nitrogens with two attached hydrogens (primary N) is 1. The SMILES string of the molecule is CCCCCOC(CS(N)(=O)=O)c1cc(F)cc(F)c1. The van der Waals surface area contributed by atoms with Crippen LogP contribution in [0, 0.1) is 11.6 Å². The van der Waals surface area contributed by atoms with E-state index in [9.17, 15) is 17.2 Å². The van der Waals surface area contributed by atoms with Crippen molar-refractivity contribution in [3.63, 3.8) is 0 Å². The molecule has 2 N–H and O–H groups in total. The van der Waals surface area contributed by atoms with E-state index in [1.54, 1.807) is 0 Å². The maximum absolute atomic E-state index is 13.2. The minimum absolute atomic E-state index is 0.132. The molecule has 0 aliphatic heterocycles. The maximum atomic E-state index is 13.2. The van der Waals surface area contributed by atoms with Gasteiger partial charge < -0.3 is 4.74 Å². The van der Waals surface area contributed by atoms with Crippen LogP contribution in [0.2, 0.25) is 0 Å². The summed E-state index contributed by atoms with van der Waals surface area (Å²) in [5, 5.41) is 4.98. The van der Waals surface area contributed by atoms with Gasteiger partial charge in [0, 0.05) is 12.7 Å². The molecule has 4 nitrogen and oxygen atoms in total. The van der Waals surface area contributed by atoms with E-state index in [0.717, 1.165) is 31.4 Å². The summed E-state index contributed by atoms with van der Waals surface area (Å²) >= 11 is 0. The van der Waals surface area contributed by atoms with Gasteiger partial charge in [-0.2, -0.15) is 0 Å². The zero-order valence-electron chi connectivity index (χ0n) is 11.3. The lowest BCUT2D eigenvalue weighted by Crippen LogP contribution is -2.24. The molecule has 0 saturated carbocycles. The zero-order valence-corrected chi connectivity index (χ0v) is 12.1. The number of unbranched alkanes of at least 4 members (excludes halogenated alkanes) is 2. The summed E-state index contributed by atoms with van der Waals surface area (Å²) in [4.78, 5) is 0. The van der Waals surface area contributed by atoms with Crippen LogP contribution in [0.5, 0.6) is 0 Å². The second-order valence-corrected chi connectivity index (χ2v) is 6.26. The molecular weight excluding hydrogens is 288 g/mol. The van der Waals surface area contributed by atoms with Crippen molar-refractivity contribution in [3.8, 4) is 0 Å². The van der Waals surface area contributed by atoms with Gasteiger partial charge in [-0.15, -0.1) is 0 Å². The van der Waals surface area contributed by atoms with Crippen molar-refractivity contribution in [2.75, 3.05) is 12.4 Å². The van der Waals surface area contributed by atoms with Crippen molar-refractivity contribution in [2.45, 2.75) is 32.3 Å². The van der Waals surface area contributed by atoms with Gasteiger partial charge in [0.25, 0.3) is 0 Å². The molecule has 114 valence electrons. The van der Waals surface area contributed by atoms with Crippen molar-refractivity contribution in [1.29, 1.82) is 0 Å². The van der Waals surface area contributed by atoms with Gasteiger partial charge >= 0.3 is 0 Å². The van der Waals surface area contributed by atoms with E-state index in [1.165, 1.54) is 0 Å². The fraction of sp³-hybridized carbons (Fsp3) is 0.538. The van der Waals surface area contributed by atoms with Gasteiger partial charge in [-0.25, -0.2) is 22.3 Å². The summed E-state index contributed by atoms with van der Waals surface area (Å²) in [5.41, 5.74) is 0.132. The number of benzene rings is 1. The topological polar surface area (TPSA) is 69.4 Å². The molecule has 1 rings (SSSR count). The predicted molar refractivity (Wildman–Crippen MR) is 72.6 cm³/mol. The summed E-state index contributed by atoms with van der Waals surface area (Å²) in [6, 6.07) is 2.83. The number of halogens is 2. The maximum Gasteiger partial charge on any atom is 0.211 e. The first-order valence-corrected chi connectivity index (χ1v) is 8.11. The van der Waals surface area contributed by atoms with Crippen LogP contribution < -0.4 is 5.14 Å². The normalized spacial score (nSPS) is 13.4. The van der Waals surface area contributed by atoms with Gasteiger partial charge in [0.2, 0.25) is 10.0 Å². The van der Waals surface area contributed by atoms with Crippen LogP contribution in [0.15, 0.2) is 18.2 Å². The molecule has 0 aliphatic carbocycles. The first-order valence-electron chi connectivity index (χ1n) is 6.40. The number of rotatable bonds is 8. The van der Waals surface area contributed by atoms with Crippen molar-refractivity contribution in [3.05, 3.63) is 35.4 Å². The Hall–Kier alpha value is -1.05. The highest BCUT2D eigenvalue weighted by Crippen LogP contribution is 2.21. The lowest BCUT2D eigenvalue weighted by molar-refractivity contribution is 0.0646. The average Bonchev–Trinajstić information content (AvgIpc) is 2.30. The van der Waals surface area contributed by atoms with Crippen LogP contribution >= 0.6 is 0 Å². The molecule has 0 radical (unpaired) electrons. The molecule has 0 aliphatic rings. The van der Waals surface area contributed by atoms with Crippen LogP contribution in [0.4, 0.5) is 8.78 Å². The molecule has 1 unspecified atom stereocenters. The van der Waals surface area contributed by atoms with Gasteiger partial charge in [0.1, 0.15) is 11.6 Å². The monoisotopic (exact) mass is 307 g/mol. The number of hydrogen-bond acceptors (Lipinski definition) is 3. The summed E-state index contributed by atoms with van der Waals surface area (Å²) in [6.45, 7) is 2.33. The summed E-state index contributed by atoms with van der Waals surface area (Å²) in [5.74, 6) is -2.07. The third kappa shape index (κ3) is 6.40. The fourth-order valence-electron chi connectivity index (χ4n) is 1.79. The Kier molecular flexibility index (Phi) is 6.51. The third-order valence-corrected chi connectivity index (χ3v) is 3.47. The van der Waals surface area contributed by atoms with Gasteiger partial charge in [-0.05, 0) is 24.1 Å². The van der Waals surface area contributed by atoms with Gasteiger partial charge in [0.15, 0.2) is 0 Å². The molecule has 1 atom stereocenters. The van der Waals surface area contributed by atoms with Gasteiger partial charge in [-0.1, -0.05) is 19.8 Å². The van der Waals surface area contributed by atoms with Crippen molar-refractivity contribution in [2.24, 2.45) is 5.14 Å². The molecule has 0 heterocycles. The molecular formula is C13H19F2NO3S. The van der Waals surface area contributed by atoms with E-state index < -0.39 is 33.5 Å².